The van der Waals surface area contributed by atoms with E-state index in [0.29, 0.717) is 0 Å². The maximum Gasteiger partial charge on any atom is 0.135 e. The highest BCUT2D eigenvalue weighted by Gasteiger charge is 2.19. The number of fused-ring (bicyclic) bond motifs is 8. The van der Waals surface area contributed by atoms with E-state index in [1.54, 1.807) is 0 Å². The monoisotopic (exact) mass is 920 g/mol. The predicted octanol–water partition coefficient (Wildman–Crippen LogP) is 19.7. The number of hydrogen-bond donors (Lipinski definition) is 0. The maximum atomic E-state index is 6.27. The van der Waals surface area contributed by atoms with E-state index in [0.717, 1.165) is 89.1 Å². The Morgan fingerprint density at radius 1 is 0.208 bits per heavy atom. The molecule has 12 aromatic carbocycles. The molecule has 2 heterocycles. The Morgan fingerprint density at radius 2 is 0.514 bits per heavy atom. The number of nitrogens with zero attached hydrogens (tertiary/aromatic N) is 2. The van der Waals surface area contributed by atoms with Crippen molar-refractivity contribution in [2.24, 2.45) is 0 Å². The lowest BCUT2D eigenvalue weighted by Gasteiger charge is -2.26. The molecule has 0 amide bonds. The van der Waals surface area contributed by atoms with Crippen molar-refractivity contribution in [1.29, 1.82) is 0 Å². The highest BCUT2D eigenvalue weighted by atomic mass is 16.3. The second kappa shape index (κ2) is 17.1. The summed E-state index contributed by atoms with van der Waals surface area (Å²) in [6.07, 6.45) is 0. The van der Waals surface area contributed by atoms with Gasteiger partial charge in [-0.3, -0.25) is 0 Å². The van der Waals surface area contributed by atoms with Gasteiger partial charge in [0.1, 0.15) is 22.3 Å². The van der Waals surface area contributed by atoms with E-state index in [2.05, 4.69) is 252 Å². The van der Waals surface area contributed by atoms with E-state index in [1.807, 2.05) is 24.3 Å². The smallest absolute Gasteiger partial charge is 0.135 e. The van der Waals surface area contributed by atoms with Crippen LogP contribution < -0.4 is 9.80 Å². The highest BCUT2D eigenvalue weighted by Crippen LogP contribution is 2.43. The zero-order valence-electron chi connectivity index (χ0n) is 39.1. The maximum absolute atomic E-state index is 6.27. The van der Waals surface area contributed by atoms with Crippen LogP contribution in [-0.4, -0.2) is 0 Å². The van der Waals surface area contributed by atoms with Gasteiger partial charge in [0.2, 0.25) is 0 Å². The molecule has 338 valence electrons. The van der Waals surface area contributed by atoms with Gasteiger partial charge >= 0.3 is 0 Å². The first kappa shape index (κ1) is 41.3. The number of hydrogen-bond acceptors (Lipinski definition) is 4. The quantitative estimate of drug-likeness (QED) is 0.144. The molecule has 0 radical (unpaired) electrons. The van der Waals surface area contributed by atoms with Crippen LogP contribution in [0.2, 0.25) is 0 Å². The van der Waals surface area contributed by atoms with Gasteiger partial charge < -0.3 is 18.6 Å². The van der Waals surface area contributed by atoms with Crippen molar-refractivity contribution in [3.8, 4) is 33.4 Å². The van der Waals surface area contributed by atoms with Gasteiger partial charge in [-0.15, -0.1) is 0 Å². The minimum Gasteiger partial charge on any atom is -0.456 e. The molecule has 0 unspecified atom stereocenters. The van der Waals surface area contributed by atoms with E-state index in [9.17, 15) is 0 Å². The van der Waals surface area contributed by atoms with E-state index in [-0.39, 0.29) is 0 Å². The summed E-state index contributed by atoms with van der Waals surface area (Å²) in [7, 11) is 0. The summed E-state index contributed by atoms with van der Waals surface area (Å²) in [5.41, 5.74) is 16.9. The zero-order valence-corrected chi connectivity index (χ0v) is 39.1. The van der Waals surface area contributed by atoms with Crippen molar-refractivity contribution in [3.05, 3.63) is 267 Å². The predicted molar refractivity (Wildman–Crippen MR) is 302 cm³/mol. The highest BCUT2D eigenvalue weighted by molar-refractivity contribution is 6.08. The number of anilines is 6. The summed E-state index contributed by atoms with van der Waals surface area (Å²) < 4.78 is 12.5. The molecule has 4 heteroatoms. The Balaban J connectivity index is 0.825. The first-order chi connectivity index (χ1) is 35.7. The summed E-state index contributed by atoms with van der Waals surface area (Å²) in [5.74, 6) is 0. The van der Waals surface area contributed by atoms with Crippen molar-refractivity contribution in [1.82, 2.24) is 0 Å². The topological polar surface area (TPSA) is 32.8 Å². The lowest BCUT2D eigenvalue weighted by atomic mass is 9.98. The van der Waals surface area contributed by atoms with E-state index >= 15 is 0 Å². The minimum absolute atomic E-state index is 0.872. The molecule has 0 saturated heterocycles. The lowest BCUT2D eigenvalue weighted by molar-refractivity contribution is 0.668. The second-order valence-electron chi connectivity index (χ2n) is 18.5. The molecule has 4 nitrogen and oxygen atoms in total. The summed E-state index contributed by atoms with van der Waals surface area (Å²) in [6, 6.07) is 95.5. The first-order valence-corrected chi connectivity index (χ1v) is 24.5. The minimum atomic E-state index is 0.872. The van der Waals surface area contributed by atoms with Crippen LogP contribution >= 0.6 is 0 Å². The van der Waals surface area contributed by atoms with E-state index in [1.165, 1.54) is 43.8 Å². The molecule has 14 rings (SSSR count). The van der Waals surface area contributed by atoms with Crippen molar-refractivity contribution in [3.63, 3.8) is 0 Å². The molecule has 0 spiro atoms. The van der Waals surface area contributed by atoms with Crippen LogP contribution in [0.25, 0.3) is 98.8 Å². The molecule has 72 heavy (non-hydrogen) atoms. The Bertz CT molecular complexity index is 4030. The van der Waals surface area contributed by atoms with Crippen LogP contribution in [0.4, 0.5) is 34.1 Å². The van der Waals surface area contributed by atoms with Crippen LogP contribution in [-0.2, 0) is 0 Å². The fraction of sp³-hybridized carbons (Fsp3) is 0. The van der Waals surface area contributed by atoms with Gasteiger partial charge in [-0.05, 0) is 152 Å². The Kier molecular flexibility index (Phi) is 9.82. The summed E-state index contributed by atoms with van der Waals surface area (Å²) >= 11 is 0. The Morgan fingerprint density at radius 3 is 0.917 bits per heavy atom. The fourth-order valence-corrected chi connectivity index (χ4v) is 10.7. The summed E-state index contributed by atoms with van der Waals surface area (Å²) in [5, 5.41) is 9.34. The number of para-hydroxylation sites is 2. The molecule has 0 bridgehead atoms. The van der Waals surface area contributed by atoms with Crippen molar-refractivity contribution < 1.29 is 8.83 Å². The average molecular weight is 921 g/mol. The van der Waals surface area contributed by atoms with Crippen LogP contribution in [0.3, 0.4) is 0 Å². The zero-order chi connectivity index (χ0) is 47.5. The lowest BCUT2D eigenvalue weighted by Crippen LogP contribution is -2.10. The van der Waals surface area contributed by atoms with Gasteiger partial charge in [0.05, 0.1) is 0 Å². The molecule has 0 saturated carbocycles. The van der Waals surface area contributed by atoms with Gasteiger partial charge in [0.15, 0.2) is 0 Å². The SMILES string of the molecule is c1ccc2c(-c3ccc(N(c4ccc(-c5ccc(N(c6ccc(-c7cccc8ccccc78)cc6)c6ccc7oc8ccccc8c7c6)cc5)cc4)c4ccc5oc6ccccc6c5c4)cc3)cccc2c1. The molecule has 0 aliphatic rings. The van der Waals surface area contributed by atoms with Gasteiger partial charge in [-0.2, -0.15) is 0 Å². The van der Waals surface area contributed by atoms with Gasteiger partial charge in [0, 0.05) is 55.7 Å². The normalized spacial score (nSPS) is 11.6. The largest absolute Gasteiger partial charge is 0.456 e. The number of furan rings is 2. The summed E-state index contributed by atoms with van der Waals surface area (Å²) in [4.78, 5) is 4.68. The first-order valence-electron chi connectivity index (χ1n) is 24.5. The Hall–Kier alpha value is -9.64. The van der Waals surface area contributed by atoms with Crippen molar-refractivity contribution in [2.75, 3.05) is 9.80 Å². The number of rotatable bonds is 9. The van der Waals surface area contributed by atoms with Crippen LogP contribution in [0, 0.1) is 0 Å². The van der Waals surface area contributed by atoms with E-state index in [4.69, 9.17) is 8.83 Å². The molecular weight excluding hydrogens is 877 g/mol. The van der Waals surface area contributed by atoms with Crippen LogP contribution in [0.5, 0.6) is 0 Å². The third-order valence-electron chi connectivity index (χ3n) is 14.3. The van der Waals surface area contributed by atoms with Gasteiger partial charge in [-0.25, -0.2) is 0 Å². The molecule has 0 aliphatic carbocycles. The fourth-order valence-electron chi connectivity index (χ4n) is 10.7. The second-order valence-corrected chi connectivity index (χ2v) is 18.5. The molecular formula is C68H44N2O2. The van der Waals surface area contributed by atoms with Gasteiger partial charge in [-0.1, -0.05) is 170 Å². The molecule has 0 fully saturated rings. The standard InChI is InChI=1S/C68H44N2O2/c1-3-15-57-47(11-1)13-9-19-59(57)49-27-35-53(36-28-49)69(55-39-41-67-63(43-55)61-17-5-7-21-65(61)71-67)51-31-23-45(24-32-51)46-25-33-52(34-26-46)70(56-40-42-68-64(44-56)62-18-6-8-22-66(62)72-68)54-37-29-50(30-38-54)60-20-10-14-48-12-2-4-16-58(48)60/h1-44H. The van der Waals surface area contributed by atoms with Crippen LogP contribution in [0.15, 0.2) is 276 Å². The number of benzene rings is 12. The third kappa shape index (κ3) is 7.16. The summed E-state index contributed by atoms with van der Waals surface area (Å²) in [6.45, 7) is 0. The molecule has 14 aromatic rings. The Labute approximate surface area is 416 Å². The van der Waals surface area contributed by atoms with Crippen molar-refractivity contribution >= 4 is 99.5 Å². The average Bonchev–Trinajstić information content (AvgIpc) is 4.02. The molecule has 0 N–H and O–H groups in total. The van der Waals surface area contributed by atoms with Crippen molar-refractivity contribution in [2.45, 2.75) is 0 Å². The molecule has 2 aromatic heterocycles. The van der Waals surface area contributed by atoms with Crippen LogP contribution in [0.1, 0.15) is 0 Å². The molecule has 0 atom stereocenters. The van der Waals surface area contributed by atoms with Gasteiger partial charge in [0.25, 0.3) is 0 Å². The molecule has 0 aliphatic heterocycles. The van der Waals surface area contributed by atoms with E-state index < -0.39 is 0 Å². The third-order valence-corrected chi connectivity index (χ3v) is 14.3.